The maximum Gasteiger partial charge on any atom is 0.242 e. The number of nitrogens with one attached hydrogen (secondary N) is 1. The quantitative estimate of drug-likeness (QED) is 0.178. The number of nitrogens with zero attached hydrogens (tertiary/aromatic N) is 2. The Hall–Kier alpha value is -1.93. The van der Waals surface area contributed by atoms with Gasteiger partial charge in [0.1, 0.15) is 17.6 Å². The third-order valence-electron chi connectivity index (χ3n) is 6.16. The number of hydrogen-bond donors (Lipinski definition) is 1. The molecule has 1 amide bonds. The number of halogens is 5. The predicted octanol–water partition coefficient (Wildman–Crippen LogP) is 7.80. The molecule has 0 saturated carbocycles. The van der Waals surface area contributed by atoms with E-state index >= 15 is 0 Å². The molecule has 0 aliphatic carbocycles. The summed E-state index contributed by atoms with van der Waals surface area (Å²) in [7, 11) is 0. The largest absolute Gasteiger partial charge is 0.365 e. The van der Waals surface area contributed by atoms with Gasteiger partial charge in [0.25, 0.3) is 0 Å². The van der Waals surface area contributed by atoms with Gasteiger partial charge in [0.05, 0.1) is 13.3 Å². The third-order valence-corrected chi connectivity index (χ3v) is 7.48. The monoisotopic (exact) mass is 657 g/mol. The molecule has 0 aromatic heterocycles. The molecule has 1 aliphatic heterocycles. The molecule has 38 heavy (non-hydrogen) atoms. The summed E-state index contributed by atoms with van der Waals surface area (Å²) in [5.74, 6) is -0.0654. The number of carbonyl (C=O) groups excluding carboxylic acids is 1. The van der Waals surface area contributed by atoms with Crippen LogP contribution in [0.25, 0.3) is 0 Å². The molecular formula is C28H28BrCl4N3O2. The molecule has 5 nitrogen and oxygen atoms in total. The highest BCUT2D eigenvalue weighted by molar-refractivity contribution is 8.93. The van der Waals surface area contributed by atoms with E-state index in [2.05, 4.69) is 5.32 Å². The van der Waals surface area contributed by atoms with E-state index in [9.17, 15) is 4.79 Å². The minimum Gasteiger partial charge on any atom is -0.365 e. The van der Waals surface area contributed by atoms with Gasteiger partial charge >= 0.3 is 0 Å². The van der Waals surface area contributed by atoms with E-state index in [-0.39, 0.29) is 35.5 Å². The van der Waals surface area contributed by atoms with Gasteiger partial charge in [-0.3, -0.25) is 4.79 Å². The molecule has 0 saturated heterocycles. The van der Waals surface area contributed by atoms with Crippen molar-refractivity contribution >= 4 is 69.3 Å². The number of hydrogen-bond acceptors (Lipinski definition) is 4. The molecule has 1 N–H and O–H groups in total. The first kappa shape index (κ1) is 30.6. The predicted molar refractivity (Wildman–Crippen MR) is 161 cm³/mol. The third kappa shape index (κ3) is 8.04. The molecule has 10 heteroatoms. The van der Waals surface area contributed by atoms with Gasteiger partial charge in [-0.2, -0.15) is 0 Å². The Morgan fingerprint density at radius 1 is 0.947 bits per heavy atom. The first-order valence-electron chi connectivity index (χ1n) is 11.8. The van der Waals surface area contributed by atoms with Gasteiger partial charge in [0, 0.05) is 34.0 Å². The lowest BCUT2D eigenvalue weighted by Gasteiger charge is -2.33. The summed E-state index contributed by atoms with van der Waals surface area (Å²) in [5, 5.41) is 4.70. The van der Waals surface area contributed by atoms with Gasteiger partial charge in [-0.1, -0.05) is 94.9 Å². The maximum atomic E-state index is 12.8. The fraction of sp³-hybridized carbons (Fsp3) is 0.250. The molecule has 1 heterocycles. The topological polar surface area (TPSA) is 44.8 Å². The summed E-state index contributed by atoms with van der Waals surface area (Å²) in [4.78, 5) is 16.7. The smallest absolute Gasteiger partial charge is 0.242 e. The number of amides is 1. The summed E-state index contributed by atoms with van der Waals surface area (Å²) < 4.78 is 6.30. The van der Waals surface area contributed by atoms with Crippen LogP contribution in [-0.2, 0) is 22.7 Å². The van der Waals surface area contributed by atoms with Crippen molar-refractivity contribution in [3.8, 4) is 0 Å². The number of rotatable bonds is 10. The highest BCUT2D eigenvalue weighted by Crippen LogP contribution is 2.33. The molecule has 0 radical (unpaired) electrons. The molecule has 0 fully saturated rings. The zero-order valence-electron chi connectivity index (χ0n) is 20.6. The van der Waals surface area contributed by atoms with Crippen LogP contribution in [0.3, 0.4) is 0 Å². The van der Waals surface area contributed by atoms with Crippen LogP contribution in [0, 0.1) is 0 Å². The molecule has 3 unspecified atom stereocenters. The number of benzene rings is 3. The van der Waals surface area contributed by atoms with E-state index in [0.717, 1.165) is 16.7 Å². The average Bonchev–Trinajstić information content (AvgIpc) is 3.40. The standard InChI is InChI=1S/C28H27Cl4N3O2.BrH/c1-19(28(36)33-16-20-5-3-2-4-6-20)34-13-14-35(18-34)27(32)26(21-7-10-23(29)11-8-21)37-17-22-9-12-24(30)15-25(22)31;/h2-15,19,26-27H,16-18H2,1H3,(H,33,36);1H. The van der Waals surface area contributed by atoms with E-state index in [0.29, 0.717) is 28.3 Å². The second-order valence-corrected chi connectivity index (χ2v) is 10.5. The van der Waals surface area contributed by atoms with Crippen molar-refractivity contribution in [1.82, 2.24) is 15.1 Å². The first-order valence-corrected chi connectivity index (χ1v) is 13.4. The number of ether oxygens (including phenoxy) is 1. The van der Waals surface area contributed by atoms with Gasteiger partial charge in [0.15, 0.2) is 0 Å². The van der Waals surface area contributed by atoms with Gasteiger partial charge in [-0.15, -0.1) is 17.0 Å². The van der Waals surface area contributed by atoms with Crippen molar-refractivity contribution < 1.29 is 9.53 Å². The van der Waals surface area contributed by atoms with Gasteiger partial charge in [-0.05, 0) is 47.9 Å². The molecule has 0 bridgehead atoms. The SMILES string of the molecule is Br.CC(C(=O)NCc1ccccc1)N1C=CN(C(Cl)C(OCc2ccc(Cl)cc2Cl)c2ccc(Cl)cc2)C1. The van der Waals surface area contributed by atoms with Crippen LogP contribution in [-0.4, -0.2) is 33.9 Å². The van der Waals surface area contributed by atoms with Crippen molar-refractivity contribution in [3.63, 3.8) is 0 Å². The lowest BCUT2D eigenvalue weighted by atomic mass is 10.1. The van der Waals surface area contributed by atoms with Gasteiger partial charge < -0.3 is 19.9 Å². The molecule has 202 valence electrons. The van der Waals surface area contributed by atoms with Crippen LogP contribution in [0.4, 0.5) is 0 Å². The number of carbonyl (C=O) groups is 1. The molecular weight excluding hydrogens is 632 g/mol. The van der Waals surface area contributed by atoms with E-state index < -0.39 is 11.6 Å². The Balaban J connectivity index is 0.00000400. The normalized spacial score (nSPS) is 15.1. The van der Waals surface area contributed by atoms with Crippen LogP contribution in [0.1, 0.15) is 29.7 Å². The highest BCUT2D eigenvalue weighted by Gasteiger charge is 2.32. The second kappa shape index (κ2) is 14.5. The van der Waals surface area contributed by atoms with Crippen LogP contribution in [0.2, 0.25) is 15.1 Å². The second-order valence-electron chi connectivity index (χ2n) is 8.74. The maximum absolute atomic E-state index is 12.8. The number of alkyl halides is 1. The van der Waals surface area contributed by atoms with Gasteiger partial charge in [-0.25, -0.2) is 0 Å². The average molecular weight is 660 g/mol. The first-order chi connectivity index (χ1) is 17.8. The van der Waals surface area contributed by atoms with Crippen LogP contribution in [0.5, 0.6) is 0 Å². The zero-order valence-corrected chi connectivity index (χ0v) is 25.3. The summed E-state index contributed by atoms with van der Waals surface area (Å²) in [6.07, 6.45) is 3.25. The molecule has 4 rings (SSSR count). The molecule has 0 spiro atoms. The van der Waals surface area contributed by atoms with Crippen LogP contribution < -0.4 is 5.32 Å². The fourth-order valence-electron chi connectivity index (χ4n) is 3.93. The van der Waals surface area contributed by atoms with E-state index in [4.69, 9.17) is 51.1 Å². The lowest BCUT2D eigenvalue weighted by Crippen LogP contribution is -2.45. The molecule has 1 aliphatic rings. The van der Waals surface area contributed by atoms with Crippen molar-refractivity contribution in [3.05, 3.63) is 117 Å². The molecule has 3 atom stereocenters. The Bertz CT molecular complexity index is 1230. The van der Waals surface area contributed by atoms with Crippen LogP contribution >= 0.6 is 63.4 Å². The Labute approximate surface area is 254 Å². The van der Waals surface area contributed by atoms with Gasteiger partial charge in [0.2, 0.25) is 5.91 Å². The van der Waals surface area contributed by atoms with Crippen molar-refractivity contribution in [2.45, 2.75) is 37.7 Å². The van der Waals surface area contributed by atoms with E-state index in [1.807, 2.05) is 77.7 Å². The van der Waals surface area contributed by atoms with Crippen molar-refractivity contribution in [2.24, 2.45) is 0 Å². The fourth-order valence-corrected chi connectivity index (χ4v) is 4.86. The highest BCUT2D eigenvalue weighted by atomic mass is 79.9. The summed E-state index contributed by atoms with van der Waals surface area (Å²) >= 11 is 25.5. The summed E-state index contributed by atoms with van der Waals surface area (Å²) in [6, 6.07) is 22.1. The van der Waals surface area contributed by atoms with Crippen molar-refractivity contribution in [2.75, 3.05) is 6.67 Å². The Morgan fingerprint density at radius 3 is 2.29 bits per heavy atom. The molecule has 3 aromatic rings. The Kier molecular flexibility index (Phi) is 11.6. The summed E-state index contributed by atoms with van der Waals surface area (Å²) in [6.45, 7) is 3.02. The summed E-state index contributed by atoms with van der Waals surface area (Å²) in [5.41, 5.74) is 2.16. The minimum atomic E-state index is -0.562. The Morgan fingerprint density at radius 2 is 1.61 bits per heavy atom. The minimum absolute atomic E-state index is 0. The molecule has 3 aromatic carbocycles. The van der Waals surface area contributed by atoms with E-state index in [1.54, 1.807) is 24.3 Å². The van der Waals surface area contributed by atoms with Crippen LogP contribution in [0.15, 0.2) is 85.2 Å². The van der Waals surface area contributed by atoms with Crippen molar-refractivity contribution in [1.29, 1.82) is 0 Å². The lowest BCUT2D eigenvalue weighted by molar-refractivity contribution is -0.125. The van der Waals surface area contributed by atoms with E-state index in [1.165, 1.54) is 0 Å². The zero-order chi connectivity index (χ0) is 26.4.